The van der Waals surface area contributed by atoms with Crippen LogP contribution >= 0.6 is 12.6 Å². The number of hydrogen-bond acceptors (Lipinski definition) is 2. The van der Waals surface area contributed by atoms with Gasteiger partial charge in [-0.15, -0.1) is 0 Å². The maximum absolute atomic E-state index is 5.72. The zero-order valence-electron chi connectivity index (χ0n) is 14.7. The maximum Gasteiger partial charge on any atom is 0.112 e. The lowest BCUT2D eigenvalue weighted by molar-refractivity contribution is 0.152. The molecule has 1 rings (SSSR count). The molecule has 0 N–H and O–H groups in total. The largest absolute Gasteiger partial charge is 0.494 e. The fourth-order valence-electron chi connectivity index (χ4n) is 2.26. The minimum atomic E-state index is 0.561. The second-order valence-electron chi connectivity index (χ2n) is 6.27. The van der Waals surface area contributed by atoms with Crippen LogP contribution in [-0.2, 0) is 4.74 Å². The Labute approximate surface area is 153 Å². The number of ether oxygens (including phenoxy) is 1. The summed E-state index contributed by atoms with van der Waals surface area (Å²) in [5.74, 6) is 7.16. The predicted octanol–water partition coefficient (Wildman–Crippen LogP) is 5.81. The second kappa shape index (κ2) is 10.8. The van der Waals surface area contributed by atoms with Gasteiger partial charge < -0.3 is 4.74 Å². The van der Waals surface area contributed by atoms with E-state index in [0.29, 0.717) is 22.5 Å². The lowest BCUT2D eigenvalue weighted by Crippen LogP contribution is -2.18. The van der Waals surface area contributed by atoms with E-state index in [2.05, 4.69) is 50.8 Å². The molecule has 0 aromatic carbocycles. The van der Waals surface area contributed by atoms with Gasteiger partial charge in [-0.3, -0.25) is 0 Å². The van der Waals surface area contributed by atoms with Gasteiger partial charge in [0.25, 0.3) is 0 Å². The molecule has 1 aliphatic carbocycles. The number of hydrogen-bond donors (Lipinski definition) is 1. The van der Waals surface area contributed by atoms with E-state index in [1.54, 1.807) is 0 Å². The van der Waals surface area contributed by atoms with E-state index in [0.717, 1.165) is 17.8 Å². The van der Waals surface area contributed by atoms with Crippen molar-refractivity contribution in [1.82, 2.24) is 0 Å². The Bertz CT molecular complexity index is 602. The quantitative estimate of drug-likeness (QED) is 0.266. The zero-order valence-corrected chi connectivity index (χ0v) is 15.6. The Morgan fingerprint density at radius 3 is 2.04 bits per heavy atom. The first-order valence-electron chi connectivity index (χ1n) is 8.28. The van der Waals surface area contributed by atoms with Gasteiger partial charge in [0.2, 0.25) is 0 Å². The molecule has 0 aliphatic heterocycles. The molecule has 0 aromatic heterocycles. The van der Waals surface area contributed by atoms with Gasteiger partial charge in [0.05, 0.1) is 6.61 Å². The Morgan fingerprint density at radius 1 is 0.958 bits per heavy atom. The molecule has 0 atom stereocenters. The van der Waals surface area contributed by atoms with Gasteiger partial charge in [0, 0.05) is 16.4 Å². The highest BCUT2D eigenvalue weighted by Crippen LogP contribution is 2.27. The number of rotatable bonds is 7. The van der Waals surface area contributed by atoms with Gasteiger partial charge in [-0.1, -0.05) is 49.8 Å². The van der Waals surface area contributed by atoms with Crippen LogP contribution in [0.1, 0.15) is 32.6 Å². The number of thiol groups is 1. The molecule has 2 heteroatoms. The highest BCUT2D eigenvalue weighted by Gasteiger charge is 2.18. The topological polar surface area (TPSA) is 9.23 Å². The summed E-state index contributed by atoms with van der Waals surface area (Å²) in [7, 11) is 0. The van der Waals surface area contributed by atoms with Crippen LogP contribution in [0.5, 0.6) is 0 Å². The summed E-state index contributed by atoms with van der Waals surface area (Å²) in [6.07, 6.45) is 12.1. The molecule has 0 amide bonds. The fourth-order valence-corrected chi connectivity index (χ4v) is 2.56. The third-order valence-electron chi connectivity index (χ3n) is 3.74. The Balaban J connectivity index is 2.34. The van der Waals surface area contributed by atoms with Crippen molar-refractivity contribution >= 4 is 12.6 Å². The van der Waals surface area contributed by atoms with Crippen LogP contribution in [0.4, 0.5) is 0 Å². The highest BCUT2D eigenvalue weighted by atomic mass is 32.1. The summed E-state index contributed by atoms with van der Waals surface area (Å²) in [4.78, 5) is 0. The molecule has 0 radical (unpaired) electrons. The minimum absolute atomic E-state index is 0.561. The minimum Gasteiger partial charge on any atom is -0.494 e. The molecular weight excluding hydrogens is 312 g/mol. The first-order valence-corrected chi connectivity index (χ1v) is 8.79. The van der Waals surface area contributed by atoms with E-state index in [4.69, 9.17) is 4.74 Å². The first kappa shape index (κ1) is 20.2. The van der Waals surface area contributed by atoms with E-state index in [1.807, 2.05) is 31.2 Å². The lowest BCUT2D eigenvalue weighted by atomic mass is 9.89. The smallest absolute Gasteiger partial charge is 0.112 e. The van der Waals surface area contributed by atoms with Crippen molar-refractivity contribution in [2.45, 2.75) is 37.9 Å². The molecule has 1 aliphatic rings. The molecule has 128 valence electrons. The van der Waals surface area contributed by atoms with Gasteiger partial charge >= 0.3 is 0 Å². The maximum atomic E-state index is 5.72. The van der Waals surface area contributed by atoms with Crippen molar-refractivity contribution in [3.63, 3.8) is 0 Å². The number of allylic oxidation sites excluding steroid dienone is 7. The van der Waals surface area contributed by atoms with Crippen molar-refractivity contribution in [2.75, 3.05) is 6.61 Å². The lowest BCUT2D eigenvalue weighted by Gasteiger charge is -2.25. The Kier molecular flexibility index (Phi) is 9.12. The predicted molar refractivity (Wildman–Crippen MR) is 109 cm³/mol. The van der Waals surface area contributed by atoms with Crippen LogP contribution in [-0.4, -0.2) is 11.9 Å². The molecule has 0 unspecified atom stereocenters. The van der Waals surface area contributed by atoms with Crippen molar-refractivity contribution in [1.29, 1.82) is 0 Å². The fraction of sp³-hybridized carbons (Fsp3) is 0.364. The summed E-state index contributed by atoms with van der Waals surface area (Å²) in [6, 6.07) is 0. The van der Waals surface area contributed by atoms with Crippen molar-refractivity contribution < 1.29 is 4.74 Å². The molecule has 1 fully saturated rings. The van der Waals surface area contributed by atoms with Gasteiger partial charge in [-0.25, -0.2) is 0 Å². The van der Waals surface area contributed by atoms with Crippen LogP contribution in [0.25, 0.3) is 0 Å². The van der Waals surface area contributed by atoms with Gasteiger partial charge in [0.15, 0.2) is 0 Å². The van der Waals surface area contributed by atoms with Gasteiger partial charge in [-0.2, -0.15) is 12.6 Å². The van der Waals surface area contributed by atoms with Crippen LogP contribution in [0, 0.1) is 17.8 Å². The van der Waals surface area contributed by atoms with Gasteiger partial charge in [0.1, 0.15) is 5.76 Å². The molecule has 1 saturated carbocycles. The molecule has 0 bridgehead atoms. The van der Waals surface area contributed by atoms with E-state index >= 15 is 0 Å². The average Bonchev–Trinajstić information content (AvgIpc) is 2.55. The van der Waals surface area contributed by atoms with E-state index in [-0.39, 0.29) is 0 Å². The summed E-state index contributed by atoms with van der Waals surface area (Å²) in [6.45, 7) is 18.1. The van der Waals surface area contributed by atoms with Crippen LogP contribution in [0.15, 0.2) is 73.1 Å². The Morgan fingerprint density at radius 2 is 1.50 bits per heavy atom. The van der Waals surface area contributed by atoms with Crippen molar-refractivity contribution in [3.05, 3.63) is 73.1 Å². The summed E-state index contributed by atoms with van der Waals surface area (Å²) in [5.41, 5.74) is 2.38. The van der Waals surface area contributed by atoms with Crippen molar-refractivity contribution in [3.8, 4) is 11.8 Å². The Hall–Kier alpha value is -1.85. The summed E-state index contributed by atoms with van der Waals surface area (Å²) < 4.78 is 5.72. The normalized spacial score (nSPS) is 20.4. The monoisotopic (exact) mass is 340 g/mol. The highest BCUT2D eigenvalue weighted by molar-refractivity contribution is 7.80. The molecule has 0 spiro atoms. The molecular formula is C22H28OS. The SMILES string of the molecule is C=C(C)/C=C\C(=C)C#CC(=C)/C=C\C(=C)OCC1CCC(S)CC1. The van der Waals surface area contributed by atoms with Gasteiger partial charge in [-0.05, 0) is 56.8 Å². The zero-order chi connectivity index (χ0) is 17.9. The second-order valence-corrected chi connectivity index (χ2v) is 7.00. The molecule has 24 heavy (non-hydrogen) atoms. The summed E-state index contributed by atoms with van der Waals surface area (Å²) in [5, 5.41) is 0.561. The molecule has 1 nitrogen and oxygen atoms in total. The van der Waals surface area contributed by atoms with E-state index in [1.165, 1.54) is 25.7 Å². The van der Waals surface area contributed by atoms with Crippen LogP contribution in [0.2, 0.25) is 0 Å². The third kappa shape index (κ3) is 9.33. The average molecular weight is 341 g/mol. The molecule has 0 aromatic rings. The molecule has 0 saturated heterocycles. The van der Waals surface area contributed by atoms with Crippen molar-refractivity contribution in [2.24, 2.45) is 5.92 Å². The van der Waals surface area contributed by atoms with Crippen LogP contribution < -0.4 is 0 Å². The standard InChI is InChI=1S/C22H28OS/c1-17(2)6-7-18(3)8-9-19(4)10-11-20(5)23-16-21-12-14-22(24)15-13-21/h6-7,10-11,21-22,24H,1,3-5,12-16H2,2H3/b7-6-,11-10-. The van der Waals surface area contributed by atoms with E-state index in [9.17, 15) is 0 Å². The first-order chi connectivity index (χ1) is 11.4. The van der Waals surface area contributed by atoms with Crippen LogP contribution in [0.3, 0.4) is 0 Å². The summed E-state index contributed by atoms with van der Waals surface area (Å²) >= 11 is 4.52. The molecule has 0 heterocycles. The third-order valence-corrected chi connectivity index (χ3v) is 4.26. The van der Waals surface area contributed by atoms with E-state index < -0.39 is 0 Å².